The minimum Gasteiger partial charge on any atom is -0.496 e. The SMILES string of the molecule is COCC1CCCN(Cc2cc(CN)ccc2OC)C1. The maximum Gasteiger partial charge on any atom is 0.123 e. The molecule has 0 bridgehead atoms. The third-order valence-corrected chi connectivity index (χ3v) is 3.98. The summed E-state index contributed by atoms with van der Waals surface area (Å²) in [6.45, 7) is 4.61. The fourth-order valence-electron chi connectivity index (χ4n) is 2.99. The van der Waals surface area contributed by atoms with Crippen LogP contribution >= 0.6 is 0 Å². The highest BCUT2D eigenvalue weighted by atomic mass is 16.5. The Balaban J connectivity index is 2.04. The van der Waals surface area contributed by atoms with Crippen LogP contribution in [0.4, 0.5) is 0 Å². The van der Waals surface area contributed by atoms with E-state index in [0.29, 0.717) is 12.5 Å². The van der Waals surface area contributed by atoms with Gasteiger partial charge < -0.3 is 15.2 Å². The van der Waals surface area contributed by atoms with E-state index in [2.05, 4.69) is 11.0 Å². The van der Waals surface area contributed by atoms with E-state index < -0.39 is 0 Å². The molecule has 0 spiro atoms. The van der Waals surface area contributed by atoms with Gasteiger partial charge in [0.25, 0.3) is 0 Å². The topological polar surface area (TPSA) is 47.7 Å². The highest BCUT2D eigenvalue weighted by molar-refractivity contribution is 5.37. The molecule has 1 aliphatic rings. The zero-order valence-corrected chi connectivity index (χ0v) is 12.6. The maximum absolute atomic E-state index is 5.73. The van der Waals surface area contributed by atoms with Crippen LogP contribution in [0.5, 0.6) is 5.75 Å². The molecule has 20 heavy (non-hydrogen) atoms. The van der Waals surface area contributed by atoms with Crippen LogP contribution in [0.3, 0.4) is 0 Å². The van der Waals surface area contributed by atoms with Gasteiger partial charge in [-0.3, -0.25) is 4.90 Å². The molecule has 1 atom stereocenters. The number of likely N-dealkylation sites (tertiary alicyclic amines) is 1. The molecule has 1 aliphatic heterocycles. The van der Waals surface area contributed by atoms with Gasteiger partial charge in [-0.05, 0) is 43.0 Å². The number of rotatable bonds is 6. The predicted octanol–water partition coefficient (Wildman–Crippen LogP) is 2.01. The quantitative estimate of drug-likeness (QED) is 0.865. The Morgan fingerprint density at radius 3 is 2.90 bits per heavy atom. The van der Waals surface area contributed by atoms with Gasteiger partial charge >= 0.3 is 0 Å². The molecule has 4 nitrogen and oxygen atoms in total. The number of piperidine rings is 1. The molecule has 0 amide bonds. The largest absolute Gasteiger partial charge is 0.496 e. The van der Waals surface area contributed by atoms with E-state index in [4.69, 9.17) is 15.2 Å². The number of nitrogens with zero attached hydrogens (tertiary/aromatic N) is 1. The highest BCUT2D eigenvalue weighted by Gasteiger charge is 2.20. The van der Waals surface area contributed by atoms with Crippen molar-refractivity contribution in [3.8, 4) is 5.75 Å². The number of ether oxygens (including phenoxy) is 2. The van der Waals surface area contributed by atoms with Crippen molar-refractivity contribution in [1.82, 2.24) is 4.90 Å². The number of hydrogen-bond donors (Lipinski definition) is 1. The van der Waals surface area contributed by atoms with Crippen molar-refractivity contribution in [3.05, 3.63) is 29.3 Å². The lowest BCUT2D eigenvalue weighted by Gasteiger charge is -2.32. The lowest BCUT2D eigenvalue weighted by molar-refractivity contribution is 0.0870. The standard InChI is InChI=1S/C16H26N2O2/c1-19-12-14-4-3-7-18(10-14)11-15-8-13(9-17)5-6-16(15)20-2/h5-6,8,14H,3-4,7,9-12,17H2,1-2H3. The summed E-state index contributed by atoms with van der Waals surface area (Å²) in [6, 6.07) is 6.22. The number of hydrogen-bond acceptors (Lipinski definition) is 4. The van der Waals surface area contributed by atoms with Crippen LogP contribution in [0.1, 0.15) is 24.0 Å². The van der Waals surface area contributed by atoms with Gasteiger partial charge in [0.1, 0.15) is 5.75 Å². The molecule has 0 saturated carbocycles. The molecule has 1 heterocycles. The van der Waals surface area contributed by atoms with E-state index in [1.165, 1.54) is 18.4 Å². The molecule has 1 aromatic carbocycles. The molecule has 2 rings (SSSR count). The van der Waals surface area contributed by atoms with Gasteiger partial charge in [0.15, 0.2) is 0 Å². The van der Waals surface area contributed by atoms with Crippen LogP contribution in [0, 0.1) is 5.92 Å². The molecule has 4 heteroatoms. The lowest BCUT2D eigenvalue weighted by atomic mass is 9.98. The molecular weight excluding hydrogens is 252 g/mol. The van der Waals surface area contributed by atoms with Crippen molar-refractivity contribution in [3.63, 3.8) is 0 Å². The summed E-state index contributed by atoms with van der Waals surface area (Å²) in [5.41, 5.74) is 8.12. The van der Waals surface area contributed by atoms with Gasteiger partial charge in [-0.25, -0.2) is 0 Å². The van der Waals surface area contributed by atoms with Gasteiger partial charge in [-0.15, -0.1) is 0 Å². The first kappa shape index (κ1) is 15.3. The van der Waals surface area contributed by atoms with E-state index in [1.807, 2.05) is 12.1 Å². The van der Waals surface area contributed by atoms with Crippen molar-refractivity contribution in [2.45, 2.75) is 25.9 Å². The summed E-state index contributed by atoms with van der Waals surface area (Å²) in [5, 5.41) is 0. The molecule has 2 N–H and O–H groups in total. The summed E-state index contributed by atoms with van der Waals surface area (Å²) >= 11 is 0. The summed E-state index contributed by atoms with van der Waals surface area (Å²) < 4.78 is 10.8. The molecule has 0 aromatic heterocycles. The van der Waals surface area contributed by atoms with Gasteiger partial charge in [0.05, 0.1) is 13.7 Å². The first-order valence-corrected chi connectivity index (χ1v) is 7.34. The van der Waals surface area contributed by atoms with Crippen LogP contribution < -0.4 is 10.5 Å². The summed E-state index contributed by atoms with van der Waals surface area (Å²) in [4.78, 5) is 2.49. The van der Waals surface area contributed by atoms with Gasteiger partial charge in [-0.1, -0.05) is 6.07 Å². The normalized spacial score (nSPS) is 20.1. The van der Waals surface area contributed by atoms with E-state index in [-0.39, 0.29) is 0 Å². The van der Waals surface area contributed by atoms with Crippen molar-refractivity contribution in [1.29, 1.82) is 0 Å². The first-order valence-electron chi connectivity index (χ1n) is 7.34. The Bertz CT molecular complexity index is 421. The molecule has 0 aliphatic carbocycles. The Hall–Kier alpha value is -1.10. The minimum absolute atomic E-state index is 0.573. The maximum atomic E-state index is 5.73. The van der Waals surface area contributed by atoms with E-state index in [0.717, 1.165) is 37.6 Å². The summed E-state index contributed by atoms with van der Waals surface area (Å²) in [6.07, 6.45) is 2.51. The zero-order chi connectivity index (χ0) is 14.4. The monoisotopic (exact) mass is 278 g/mol. The second-order valence-electron chi connectivity index (χ2n) is 5.55. The zero-order valence-electron chi connectivity index (χ0n) is 12.6. The van der Waals surface area contributed by atoms with E-state index in [9.17, 15) is 0 Å². The van der Waals surface area contributed by atoms with Crippen LogP contribution in [-0.4, -0.2) is 38.8 Å². The average molecular weight is 278 g/mol. The second-order valence-corrected chi connectivity index (χ2v) is 5.55. The minimum atomic E-state index is 0.573. The third-order valence-electron chi connectivity index (χ3n) is 3.98. The molecule has 112 valence electrons. The third kappa shape index (κ3) is 3.95. The Morgan fingerprint density at radius 2 is 2.20 bits per heavy atom. The number of methoxy groups -OCH3 is 2. The molecular formula is C16H26N2O2. The summed E-state index contributed by atoms with van der Waals surface area (Å²) in [7, 11) is 3.51. The summed E-state index contributed by atoms with van der Waals surface area (Å²) in [5.74, 6) is 1.61. The van der Waals surface area contributed by atoms with Crippen LogP contribution in [0.2, 0.25) is 0 Å². The van der Waals surface area contributed by atoms with Crippen molar-refractivity contribution in [2.75, 3.05) is 33.9 Å². The van der Waals surface area contributed by atoms with Crippen LogP contribution in [0.15, 0.2) is 18.2 Å². The smallest absolute Gasteiger partial charge is 0.123 e. The van der Waals surface area contributed by atoms with Gasteiger partial charge in [-0.2, -0.15) is 0 Å². The highest BCUT2D eigenvalue weighted by Crippen LogP contribution is 2.24. The number of benzene rings is 1. The second kappa shape index (κ2) is 7.62. The number of nitrogens with two attached hydrogens (primary N) is 1. The van der Waals surface area contributed by atoms with Crippen molar-refractivity contribution in [2.24, 2.45) is 11.7 Å². The molecule has 0 radical (unpaired) electrons. The predicted molar refractivity (Wildman–Crippen MR) is 80.8 cm³/mol. The van der Waals surface area contributed by atoms with Crippen LogP contribution in [-0.2, 0) is 17.8 Å². The molecule has 1 unspecified atom stereocenters. The van der Waals surface area contributed by atoms with E-state index >= 15 is 0 Å². The van der Waals surface area contributed by atoms with Gasteiger partial charge in [0.2, 0.25) is 0 Å². The fourth-order valence-corrected chi connectivity index (χ4v) is 2.99. The Kier molecular flexibility index (Phi) is 5.83. The Labute approximate surface area is 121 Å². The van der Waals surface area contributed by atoms with E-state index in [1.54, 1.807) is 14.2 Å². The average Bonchev–Trinajstić information content (AvgIpc) is 2.48. The van der Waals surface area contributed by atoms with Crippen molar-refractivity contribution < 1.29 is 9.47 Å². The van der Waals surface area contributed by atoms with Crippen LogP contribution in [0.25, 0.3) is 0 Å². The van der Waals surface area contributed by atoms with Crippen molar-refractivity contribution >= 4 is 0 Å². The molecule has 1 saturated heterocycles. The fraction of sp³-hybridized carbons (Fsp3) is 0.625. The molecule has 1 aromatic rings. The molecule has 1 fully saturated rings. The first-order chi connectivity index (χ1) is 9.76. The Morgan fingerprint density at radius 1 is 1.35 bits per heavy atom. The lowest BCUT2D eigenvalue weighted by Crippen LogP contribution is -2.36. The van der Waals surface area contributed by atoms with Gasteiger partial charge in [0, 0.05) is 32.3 Å².